The molecular formula is C23H34N4O3. The van der Waals surface area contributed by atoms with E-state index in [0.717, 1.165) is 50.3 Å². The second kappa shape index (κ2) is 10.5. The molecule has 164 valence electrons. The number of piperidine rings is 1. The van der Waals surface area contributed by atoms with Gasteiger partial charge in [-0.2, -0.15) is 5.10 Å². The van der Waals surface area contributed by atoms with Crippen molar-refractivity contribution in [2.75, 3.05) is 33.9 Å². The van der Waals surface area contributed by atoms with Gasteiger partial charge in [-0.25, -0.2) is 0 Å². The number of carbonyl (C=O) groups is 1. The summed E-state index contributed by atoms with van der Waals surface area (Å²) in [5.41, 5.74) is 2.80. The second-order valence-corrected chi connectivity index (χ2v) is 8.48. The average molecular weight is 415 g/mol. The first-order valence-electron chi connectivity index (χ1n) is 10.7. The summed E-state index contributed by atoms with van der Waals surface area (Å²) < 4.78 is 10.7. The maximum atomic E-state index is 12.7. The molecule has 1 aliphatic rings. The van der Waals surface area contributed by atoms with Crippen molar-refractivity contribution in [2.45, 2.75) is 39.7 Å². The number of carbonyl (C=O) groups excluding carboxylic acids is 1. The Morgan fingerprint density at radius 2 is 2.17 bits per heavy atom. The number of ether oxygens (including phenoxy) is 2. The Labute approximate surface area is 179 Å². The highest BCUT2D eigenvalue weighted by atomic mass is 16.5. The van der Waals surface area contributed by atoms with E-state index in [9.17, 15) is 4.79 Å². The number of aromatic amines is 1. The highest BCUT2D eigenvalue weighted by Gasteiger charge is 2.22. The minimum atomic E-state index is -0.130. The van der Waals surface area contributed by atoms with E-state index in [0.29, 0.717) is 35.4 Å². The van der Waals surface area contributed by atoms with Gasteiger partial charge in [-0.15, -0.1) is 0 Å². The van der Waals surface area contributed by atoms with Gasteiger partial charge in [0.2, 0.25) is 0 Å². The van der Waals surface area contributed by atoms with Gasteiger partial charge in [-0.05, 0) is 55.8 Å². The lowest BCUT2D eigenvalue weighted by Crippen LogP contribution is -2.40. The van der Waals surface area contributed by atoms with Crippen LogP contribution in [0.3, 0.4) is 0 Å². The number of hydrogen-bond donors (Lipinski definition) is 2. The summed E-state index contributed by atoms with van der Waals surface area (Å²) in [6.07, 6.45) is 3.25. The highest BCUT2D eigenvalue weighted by Crippen LogP contribution is 2.30. The molecule has 0 aliphatic carbocycles. The van der Waals surface area contributed by atoms with Crippen molar-refractivity contribution in [3.8, 4) is 11.5 Å². The van der Waals surface area contributed by atoms with Gasteiger partial charge in [0.05, 0.1) is 25.5 Å². The summed E-state index contributed by atoms with van der Waals surface area (Å²) in [6, 6.07) is 7.53. The lowest BCUT2D eigenvalue weighted by Gasteiger charge is -2.32. The molecule has 2 aromatic rings. The fourth-order valence-corrected chi connectivity index (χ4v) is 4.11. The fourth-order valence-electron chi connectivity index (χ4n) is 4.11. The van der Waals surface area contributed by atoms with Gasteiger partial charge < -0.3 is 14.8 Å². The first-order chi connectivity index (χ1) is 14.5. The topological polar surface area (TPSA) is 79.5 Å². The molecule has 30 heavy (non-hydrogen) atoms. The van der Waals surface area contributed by atoms with E-state index in [2.05, 4.69) is 40.3 Å². The number of benzene rings is 1. The number of para-hydroxylation sites is 1. The minimum absolute atomic E-state index is 0.130. The SMILES string of the molecule is COc1cccc(C(=O)NC[C@@H]2CCCN(Cc3cc(CC(C)C)n[nH]3)C2)c1OC. The van der Waals surface area contributed by atoms with Crippen LogP contribution in [0.4, 0.5) is 0 Å². The molecule has 1 fully saturated rings. The Bertz CT molecular complexity index is 834. The Kier molecular flexibility index (Phi) is 7.74. The van der Waals surface area contributed by atoms with Crippen LogP contribution >= 0.6 is 0 Å². The van der Waals surface area contributed by atoms with E-state index >= 15 is 0 Å². The van der Waals surface area contributed by atoms with Crippen LogP contribution < -0.4 is 14.8 Å². The van der Waals surface area contributed by atoms with Gasteiger partial charge in [0.1, 0.15) is 0 Å². The van der Waals surface area contributed by atoms with E-state index in [1.54, 1.807) is 32.4 Å². The van der Waals surface area contributed by atoms with E-state index in [1.165, 1.54) is 0 Å². The van der Waals surface area contributed by atoms with Crippen LogP contribution in [-0.4, -0.2) is 54.9 Å². The fraction of sp³-hybridized carbons (Fsp3) is 0.565. The zero-order valence-electron chi connectivity index (χ0n) is 18.5. The van der Waals surface area contributed by atoms with Crippen molar-refractivity contribution >= 4 is 5.91 Å². The van der Waals surface area contributed by atoms with Gasteiger partial charge in [0.25, 0.3) is 5.91 Å². The summed E-state index contributed by atoms with van der Waals surface area (Å²) in [5, 5.41) is 10.7. The highest BCUT2D eigenvalue weighted by molar-refractivity contribution is 5.97. The molecule has 1 aromatic heterocycles. The average Bonchev–Trinajstić information content (AvgIpc) is 3.17. The van der Waals surface area contributed by atoms with Crippen LogP contribution in [0, 0.1) is 11.8 Å². The molecule has 0 bridgehead atoms. The largest absolute Gasteiger partial charge is 0.493 e. The third-order valence-electron chi connectivity index (χ3n) is 5.50. The molecule has 1 aromatic carbocycles. The van der Waals surface area contributed by atoms with Crippen molar-refractivity contribution in [2.24, 2.45) is 11.8 Å². The van der Waals surface area contributed by atoms with Crippen LogP contribution in [0.1, 0.15) is 48.4 Å². The van der Waals surface area contributed by atoms with Crippen molar-refractivity contribution < 1.29 is 14.3 Å². The van der Waals surface area contributed by atoms with E-state index in [-0.39, 0.29) is 5.91 Å². The van der Waals surface area contributed by atoms with Crippen LogP contribution in [0.25, 0.3) is 0 Å². The summed E-state index contributed by atoms with van der Waals surface area (Å²) in [4.78, 5) is 15.2. The van der Waals surface area contributed by atoms with Crippen LogP contribution in [-0.2, 0) is 13.0 Å². The Balaban J connectivity index is 1.53. The number of methoxy groups -OCH3 is 2. The van der Waals surface area contributed by atoms with Gasteiger partial charge in [0, 0.05) is 25.3 Å². The number of rotatable bonds is 9. The standard InChI is InChI=1S/C23H34N4O3/c1-16(2)11-18-12-19(26-25-18)15-27-10-6-7-17(14-27)13-24-23(28)20-8-5-9-21(29-3)22(20)30-4/h5,8-9,12,16-17H,6-7,10-11,13-15H2,1-4H3,(H,24,28)(H,25,26)/t17-/m0/s1. The number of nitrogens with one attached hydrogen (secondary N) is 2. The number of H-pyrrole nitrogens is 1. The van der Waals surface area contributed by atoms with Crippen LogP contribution in [0.5, 0.6) is 11.5 Å². The Hall–Kier alpha value is -2.54. The monoisotopic (exact) mass is 414 g/mol. The number of hydrogen-bond acceptors (Lipinski definition) is 5. The van der Waals surface area contributed by atoms with Crippen LogP contribution in [0.15, 0.2) is 24.3 Å². The molecule has 2 heterocycles. The van der Waals surface area contributed by atoms with E-state index < -0.39 is 0 Å². The van der Waals surface area contributed by atoms with Gasteiger partial charge >= 0.3 is 0 Å². The third-order valence-corrected chi connectivity index (χ3v) is 5.50. The molecule has 7 heteroatoms. The van der Waals surface area contributed by atoms with Crippen LogP contribution in [0.2, 0.25) is 0 Å². The second-order valence-electron chi connectivity index (χ2n) is 8.48. The molecule has 3 rings (SSSR count). The zero-order valence-corrected chi connectivity index (χ0v) is 18.5. The number of aromatic nitrogens is 2. The molecule has 7 nitrogen and oxygen atoms in total. The van der Waals surface area contributed by atoms with Crippen molar-refractivity contribution in [3.63, 3.8) is 0 Å². The van der Waals surface area contributed by atoms with Crippen molar-refractivity contribution in [1.29, 1.82) is 0 Å². The van der Waals surface area contributed by atoms with Gasteiger partial charge in [0.15, 0.2) is 11.5 Å². The number of likely N-dealkylation sites (tertiary alicyclic amines) is 1. The number of nitrogens with zero attached hydrogens (tertiary/aromatic N) is 2. The van der Waals surface area contributed by atoms with Gasteiger partial charge in [-0.1, -0.05) is 19.9 Å². The van der Waals surface area contributed by atoms with Gasteiger partial charge in [-0.3, -0.25) is 14.8 Å². The van der Waals surface area contributed by atoms with Crippen molar-refractivity contribution in [3.05, 3.63) is 41.2 Å². The lowest BCUT2D eigenvalue weighted by atomic mass is 9.97. The predicted molar refractivity (Wildman–Crippen MR) is 117 cm³/mol. The maximum absolute atomic E-state index is 12.7. The predicted octanol–water partition coefficient (Wildman–Crippen LogP) is 3.27. The first-order valence-corrected chi connectivity index (χ1v) is 10.7. The smallest absolute Gasteiger partial charge is 0.255 e. The summed E-state index contributed by atoms with van der Waals surface area (Å²) in [7, 11) is 3.12. The summed E-state index contributed by atoms with van der Waals surface area (Å²) >= 11 is 0. The Morgan fingerprint density at radius 1 is 1.33 bits per heavy atom. The lowest BCUT2D eigenvalue weighted by molar-refractivity contribution is 0.0926. The van der Waals surface area contributed by atoms with E-state index in [4.69, 9.17) is 9.47 Å². The molecule has 0 saturated carbocycles. The minimum Gasteiger partial charge on any atom is -0.493 e. The number of amides is 1. The summed E-state index contributed by atoms with van der Waals surface area (Å²) in [5.74, 6) is 1.93. The molecule has 1 aliphatic heterocycles. The van der Waals surface area contributed by atoms with E-state index in [1.807, 2.05) is 0 Å². The maximum Gasteiger partial charge on any atom is 0.255 e. The molecule has 2 N–H and O–H groups in total. The Morgan fingerprint density at radius 3 is 2.90 bits per heavy atom. The first kappa shape index (κ1) is 22.2. The molecule has 1 saturated heterocycles. The van der Waals surface area contributed by atoms with Crippen molar-refractivity contribution in [1.82, 2.24) is 20.4 Å². The normalized spacial score (nSPS) is 17.2. The molecule has 1 amide bonds. The third kappa shape index (κ3) is 5.75. The zero-order chi connectivity index (χ0) is 21.5. The molecule has 1 atom stereocenters. The molecule has 0 radical (unpaired) electrons. The summed E-state index contributed by atoms with van der Waals surface area (Å²) in [6.45, 7) is 7.98. The molecule has 0 spiro atoms. The molecular weight excluding hydrogens is 380 g/mol. The molecule has 0 unspecified atom stereocenters. The quantitative estimate of drug-likeness (QED) is 0.658.